The number of nitrogens with zero attached hydrogens (tertiary/aromatic N) is 1. The summed E-state index contributed by atoms with van der Waals surface area (Å²) in [5.41, 5.74) is 11.4. The fourth-order valence-corrected chi connectivity index (χ4v) is 4.89. The van der Waals surface area contributed by atoms with Crippen molar-refractivity contribution < 1.29 is 4.42 Å². The van der Waals surface area contributed by atoms with Crippen LogP contribution in [0, 0.1) is 13.8 Å². The summed E-state index contributed by atoms with van der Waals surface area (Å²) in [6, 6.07) is 30.2. The third kappa shape index (κ3) is 3.02. The average Bonchev–Trinajstić information content (AvgIpc) is 3.36. The molecule has 0 aliphatic heterocycles. The van der Waals surface area contributed by atoms with Gasteiger partial charge in [0.2, 0.25) is 0 Å². The highest BCUT2D eigenvalue weighted by atomic mass is 16.3. The quantitative estimate of drug-likeness (QED) is 0.276. The lowest BCUT2D eigenvalue weighted by Gasteiger charge is -2.10. The Morgan fingerprint density at radius 3 is 2.30 bits per heavy atom. The van der Waals surface area contributed by atoms with Crippen molar-refractivity contribution in [1.82, 2.24) is 4.57 Å². The molecule has 0 saturated carbocycles. The van der Waals surface area contributed by atoms with E-state index in [1.807, 2.05) is 0 Å². The second kappa shape index (κ2) is 7.53. The molecule has 2 nitrogen and oxygen atoms in total. The number of aryl methyl sites for hydroxylation is 2. The summed E-state index contributed by atoms with van der Waals surface area (Å²) in [6.07, 6.45) is 4.29. The summed E-state index contributed by atoms with van der Waals surface area (Å²) in [5, 5.41) is 2.30. The molecule has 0 bridgehead atoms. The van der Waals surface area contributed by atoms with Crippen molar-refractivity contribution in [3.8, 4) is 16.8 Å². The Labute approximate surface area is 193 Å². The lowest BCUT2D eigenvalue weighted by Crippen LogP contribution is -1.94. The van der Waals surface area contributed by atoms with Gasteiger partial charge in [-0.25, -0.2) is 0 Å². The minimum atomic E-state index is 0.922. The molecule has 0 aliphatic rings. The Morgan fingerprint density at radius 2 is 1.55 bits per heavy atom. The fourth-order valence-electron chi connectivity index (χ4n) is 4.89. The number of benzene rings is 4. The van der Waals surface area contributed by atoms with Crippen LogP contribution in [0.25, 0.3) is 55.9 Å². The highest BCUT2D eigenvalue weighted by Crippen LogP contribution is 2.42. The maximum absolute atomic E-state index is 6.57. The van der Waals surface area contributed by atoms with Gasteiger partial charge in [0.1, 0.15) is 11.1 Å². The lowest BCUT2D eigenvalue weighted by molar-refractivity contribution is 0.672. The molecule has 0 spiro atoms. The predicted octanol–water partition coefficient (Wildman–Crippen LogP) is 8.85. The molecule has 0 atom stereocenters. The first kappa shape index (κ1) is 19.6. The van der Waals surface area contributed by atoms with Gasteiger partial charge in [0.05, 0.1) is 10.9 Å². The second-order valence-electron chi connectivity index (χ2n) is 8.72. The molecule has 4 aromatic carbocycles. The standard InChI is InChI=1S/C31H25NO/c1-4-8-25-21(3)13-18-28-29(25)30-31(33-28)26-19-23(22-14-11-20(2)12-15-22)16-17-27(26)32(30)24-9-6-5-7-10-24/h4-19H,1-3H3/b8-4-. The largest absolute Gasteiger partial charge is 0.454 e. The first-order chi connectivity index (χ1) is 16.2. The van der Waals surface area contributed by atoms with Gasteiger partial charge < -0.3 is 8.98 Å². The van der Waals surface area contributed by atoms with Crippen LogP contribution in [0.15, 0.2) is 95.4 Å². The molecule has 0 aliphatic carbocycles. The number of para-hydroxylation sites is 1. The van der Waals surface area contributed by atoms with Crippen molar-refractivity contribution in [2.75, 3.05) is 0 Å². The van der Waals surface area contributed by atoms with Crippen LogP contribution in [-0.2, 0) is 0 Å². The summed E-state index contributed by atoms with van der Waals surface area (Å²) in [4.78, 5) is 0. The first-order valence-corrected chi connectivity index (χ1v) is 11.4. The van der Waals surface area contributed by atoms with Gasteiger partial charge >= 0.3 is 0 Å². The molecule has 0 radical (unpaired) electrons. The van der Waals surface area contributed by atoms with Crippen molar-refractivity contribution in [2.24, 2.45) is 0 Å². The molecule has 2 heterocycles. The van der Waals surface area contributed by atoms with E-state index in [-0.39, 0.29) is 0 Å². The second-order valence-corrected chi connectivity index (χ2v) is 8.72. The van der Waals surface area contributed by atoms with Gasteiger partial charge in [0.25, 0.3) is 0 Å². The molecule has 160 valence electrons. The van der Waals surface area contributed by atoms with E-state index < -0.39 is 0 Å². The minimum Gasteiger partial charge on any atom is -0.454 e. The monoisotopic (exact) mass is 427 g/mol. The third-order valence-electron chi connectivity index (χ3n) is 6.53. The summed E-state index contributed by atoms with van der Waals surface area (Å²) < 4.78 is 8.91. The minimum absolute atomic E-state index is 0.922. The topological polar surface area (TPSA) is 18.1 Å². The van der Waals surface area contributed by atoms with E-state index in [9.17, 15) is 0 Å². The number of aromatic nitrogens is 1. The number of hydrogen-bond acceptors (Lipinski definition) is 1. The van der Waals surface area contributed by atoms with Gasteiger partial charge in [-0.05, 0) is 73.4 Å². The molecule has 0 saturated heterocycles. The Balaban J connectivity index is 1.77. The summed E-state index contributed by atoms with van der Waals surface area (Å²) in [5.74, 6) is 0. The summed E-state index contributed by atoms with van der Waals surface area (Å²) >= 11 is 0. The molecule has 2 heteroatoms. The molecular weight excluding hydrogens is 402 g/mol. The molecule has 6 aromatic rings. The van der Waals surface area contributed by atoms with E-state index in [1.54, 1.807) is 0 Å². The van der Waals surface area contributed by atoms with Gasteiger partial charge in [0, 0.05) is 11.1 Å². The van der Waals surface area contributed by atoms with Crippen molar-refractivity contribution in [3.05, 3.63) is 108 Å². The van der Waals surface area contributed by atoms with Crippen molar-refractivity contribution in [2.45, 2.75) is 20.8 Å². The van der Waals surface area contributed by atoms with Crippen LogP contribution in [0.2, 0.25) is 0 Å². The maximum Gasteiger partial charge on any atom is 0.161 e. The van der Waals surface area contributed by atoms with Crippen molar-refractivity contribution in [3.63, 3.8) is 0 Å². The zero-order valence-electron chi connectivity index (χ0n) is 19.1. The first-order valence-electron chi connectivity index (χ1n) is 11.4. The summed E-state index contributed by atoms with van der Waals surface area (Å²) in [7, 11) is 0. The van der Waals surface area contributed by atoms with Crippen molar-refractivity contribution >= 4 is 39.0 Å². The van der Waals surface area contributed by atoms with Crippen LogP contribution in [-0.4, -0.2) is 4.57 Å². The van der Waals surface area contributed by atoms with Gasteiger partial charge in [-0.3, -0.25) is 0 Å². The molecule has 0 amide bonds. The van der Waals surface area contributed by atoms with E-state index in [1.165, 1.54) is 33.2 Å². The Bertz CT molecular complexity index is 1660. The molecule has 2 aromatic heterocycles. The smallest absolute Gasteiger partial charge is 0.161 e. The fraction of sp³-hybridized carbons (Fsp3) is 0.0968. The zero-order chi connectivity index (χ0) is 22.5. The predicted molar refractivity (Wildman–Crippen MR) is 140 cm³/mol. The van der Waals surface area contributed by atoms with Crippen LogP contribution in [0.3, 0.4) is 0 Å². The third-order valence-corrected chi connectivity index (χ3v) is 6.53. The van der Waals surface area contributed by atoms with Gasteiger partial charge in [-0.2, -0.15) is 0 Å². The normalized spacial score (nSPS) is 12.0. The van der Waals surface area contributed by atoms with Gasteiger partial charge in [0.15, 0.2) is 5.58 Å². The SMILES string of the molecule is C/C=C\c1c(C)ccc2oc3c4cc(-c5ccc(C)cc5)ccc4n(-c4ccccc4)c3c12. The molecule has 0 fully saturated rings. The number of rotatable bonds is 3. The Morgan fingerprint density at radius 1 is 0.788 bits per heavy atom. The zero-order valence-corrected chi connectivity index (χ0v) is 19.1. The highest BCUT2D eigenvalue weighted by Gasteiger charge is 2.22. The number of hydrogen-bond donors (Lipinski definition) is 0. The molecule has 0 N–H and O–H groups in total. The lowest BCUT2D eigenvalue weighted by atomic mass is 10.0. The van der Waals surface area contributed by atoms with Gasteiger partial charge in [-0.1, -0.05) is 72.3 Å². The summed E-state index contributed by atoms with van der Waals surface area (Å²) in [6.45, 7) is 6.35. The van der Waals surface area contributed by atoms with E-state index in [0.717, 1.165) is 33.3 Å². The average molecular weight is 428 g/mol. The number of fused-ring (bicyclic) bond motifs is 5. The van der Waals surface area contributed by atoms with Crippen LogP contribution in [0.5, 0.6) is 0 Å². The van der Waals surface area contributed by atoms with Crippen LogP contribution < -0.4 is 0 Å². The Kier molecular flexibility index (Phi) is 4.48. The van der Waals surface area contributed by atoms with Gasteiger partial charge in [-0.15, -0.1) is 0 Å². The van der Waals surface area contributed by atoms with Crippen LogP contribution in [0.1, 0.15) is 23.6 Å². The molecular formula is C31H25NO. The van der Waals surface area contributed by atoms with E-state index >= 15 is 0 Å². The van der Waals surface area contributed by atoms with E-state index in [2.05, 4.69) is 122 Å². The number of furan rings is 1. The maximum atomic E-state index is 6.57. The highest BCUT2D eigenvalue weighted by molar-refractivity contribution is 6.19. The van der Waals surface area contributed by atoms with E-state index in [0.29, 0.717) is 0 Å². The molecule has 0 unspecified atom stereocenters. The molecule has 33 heavy (non-hydrogen) atoms. The van der Waals surface area contributed by atoms with E-state index in [4.69, 9.17) is 4.42 Å². The Hall–Kier alpha value is -4.04. The van der Waals surface area contributed by atoms with Crippen LogP contribution in [0.4, 0.5) is 0 Å². The molecule has 6 rings (SSSR count). The van der Waals surface area contributed by atoms with Crippen LogP contribution >= 0.6 is 0 Å². The van der Waals surface area contributed by atoms with Crippen molar-refractivity contribution in [1.29, 1.82) is 0 Å². The number of allylic oxidation sites excluding steroid dienone is 1.